The van der Waals surface area contributed by atoms with Crippen LogP contribution in [0.15, 0.2) is 60.7 Å². The molecule has 206 valence electrons. The normalized spacial score (nSPS) is 14.8. The van der Waals surface area contributed by atoms with E-state index < -0.39 is 42.2 Å². The molecule has 9 heteroatoms. The quantitative estimate of drug-likeness (QED) is 0.340. The maximum Gasteiger partial charge on any atom is 0.408 e. The van der Waals surface area contributed by atoms with Crippen LogP contribution in [0.1, 0.15) is 50.8 Å². The standard InChI is InChI=1S/C30H35N3O6/c1-18-8-7-11-23(26(18)35)25(27(36)31-21-13-12-19-9-5-6-10-20(19)16-21)33(22-14-15-22)28(37)24(17-34)32-29(38)39-30(2,3)4/h5-13,16,22,24-25,34-35H,14-15,17H2,1-4H3,(H,31,36)(H,32,38). The summed E-state index contributed by atoms with van der Waals surface area (Å²) in [6, 6.07) is 15.4. The van der Waals surface area contributed by atoms with Crippen molar-refractivity contribution in [2.75, 3.05) is 11.9 Å². The minimum absolute atomic E-state index is 0.102. The number of phenols is 1. The monoisotopic (exact) mass is 533 g/mol. The predicted octanol–water partition coefficient (Wildman–Crippen LogP) is 4.41. The second-order valence-electron chi connectivity index (χ2n) is 10.8. The fraction of sp³-hybridized carbons (Fsp3) is 0.367. The molecule has 0 bridgehead atoms. The number of para-hydroxylation sites is 1. The Morgan fingerprint density at radius 2 is 1.72 bits per heavy atom. The number of carbonyl (C=O) groups excluding carboxylic acids is 3. The number of anilines is 1. The zero-order chi connectivity index (χ0) is 28.3. The number of alkyl carbamates (subject to hydrolysis) is 1. The van der Waals surface area contributed by atoms with Gasteiger partial charge in [-0.2, -0.15) is 0 Å². The molecule has 1 aliphatic rings. The minimum Gasteiger partial charge on any atom is -0.507 e. The highest BCUT2D eigenvalue weighted by molar-refractivity contribution is 6.01. The highest BCUT2D eigenvalue weighted by Gasteiger charge is 2.45. The van der Waals surface area contributed by atoms with Gasteiger partial charge in [0, 0.05) is 17.3 Å². The summed E-state index contributed by atoms with van der Waals surface area (Å²) in [7, 11) is 0. The number of aromatic hydroxyl groups is 1. The number of carbonyl (C=O) groups is 3. The van der Waals surface area contributed by atoms with Gasteiger partial charge in [0.25, 0.3) is 5.91 Å². The molecule has 2 atom stereocenters. The Morgan fingerprint density at radius 3 is 2.36 bits per heavy atom. The Kier molecular flexibility index (Phi) is 8.11. The Bertz CT molecular complexity index is 1380. The molecule has 0 radical (unpaired) electrons. The van der Waals surface area contributed by atoms with Gasteiger partial charge in [-0.1, -0.05) is 48.5 Å². The van der Waals surface area contributed by atoms with E-state index in [4.69, 9.17) is 4.74 Å². The van der Waals surface area contributed by atoms with Crippen LogP contribution >= 0.6 is 0 Å². The van der Waals surface area contributed by atoms with Gasteiger partial charge in [0.1, 0.15) is 23.4 Å². The van der Waals surface area contributed by atoms with Crippen LogP contribution in [0.4, 0.5) is 10.5 Å². The average molecular weight is 534 g/mol. The van der Waals surface area contributed by atoms with Gasteiger partial charge in [-0.15, -0.1) is 0 Å². The van der Waals surface area contributed by atoms with Crippen LogP contribution in [0.3, 0.4) is 0 Å². The second-order valence-corrected chi connectivity index (χ2v) is 10.8. The van der Waals surface area contributed by atoms with Crippen LogP contribution in [0.25, 0.3) is 10.8 Å². The third-order valence-electron chi connectivity index (χ3n) is 6.47. The topological polar surface area (TPSA) is 128 Å². The summed E-state index contributed by atoms with van der Waals surface area (Å²) in [4.78, 5) is 41.5. The fourth-order valence-electron chi connectivity index (χ4n) is 4.48. The molecule has 39 heavy (non-hydrogen) atoms. The summed E-state index contributed by atoms with van der Waals surface area (Å²) < 4.78 is 5.27. The Hall–Kier alpha value is -4.11. The number of hydrogen-bond acceptors (Lipinski definition) is 6. The van der Waals surface area contributed by atoms with E-state index in [1.807, 2.05) is 36.4 Å². The lowest BCUT2D eigenvalue weighted by atomic mass is 9.99. The molecule has 0 aliphatic heterocycles. The second kappa shape index (κ2) is 11.3. The number of nitrogens with zero attached hydrogens (tertiary/aromatic N) is 1. The van der Waals surface area contributed by atoms with Gasteiger partial charge in [0.15, 0.2) is 0 Å². The molecule has 4 N–H and O–H groups in total. The van der Waals surface area contributed by atoms with Crippen LogP contribution in [-0.2, 0) is 14.3 Å². The number of hydrogen-bond donors (Lipinski definition) is 4. The number of aliphatic hydroxyl groups is 1. The van der Waals surface area contributed by atoms with Gasteiger partial charge in [-0.25, -0.2) is 4.79 Å². The number of ether oxygens (including phenoxy) is 1. The first-order valence-electron chi connectivity index (χ1n) is 13.0. The first-order valence-corrected chi connectivity index (χ1v) is 13.0. The molecule has 3 amide bonds. The van der Waals surface area contributed by atoms with Gasteiger partial charge in [-0.3, -0.25) is 9.59 Å². The number of aliphatic hydroxyl groups excluding tert-OH is 1. The lowest BCUT2D eigenvalue weighted by Gasteiger charge is -2.34. The SMILES string of the molecule is Cc1cccc(C(C(=O)Nc2ccc3ccccc3c2)N(C(=O)C(CO)NC(=O)OC(C)(C)C)C2CC2)c1O. The largest absolute Gasteiger partial charge is 0.507 e. The summed E-state index contributed by atoms with van der Waals surface area (Å²) >= 11 is 0. The van der Waals surface area contributed by atoms with E-state index in [2.05, 4.69) is 10.6 Å². The molecule has 3 aromatic rings. The Balaban J connectivity index is 1.70. The molecule has 9 nitrogen and oxygen atoms in total. The summed E-state index contributed by atoms with van der Waals surface area (Å²) in [5.74, 6) is -1.28. The molecule has 2 unspecified atom stereocenters. The number of benzene rings is 3. The van der Waals surface area contributed by atoms with Crippen molar-refractivity contribution >= 4 is 34.4 Å². The number of aryl methyl sites for hydroxylation is 1. The van der Waals surface area contributed by atoms with Crippen molar-refractivity contribution in [1.82, 2.24) is 10.2 Å². The van der Waals surface area contributed by atoms with E-state index in [1.54, 1.807) is 52.0 Å². The number of fused-ring (bicyclic) bond motifs is 1. The van der Waals surface area contributed by atoms with Gasteiger partial charge >= 0.3 is 6.09 Å². The van der Waals surface area contributed by atoms with Crippen LogP contribution in [0.2, 0.25) is 0 Å². The van der Waals surface area contributed by atoms with Gasteiger partial charge in [0.05, 0.1) is 6.61 Å². The molecule has 0 aromatic heterocycles. The van der Waals surface area contributed by atoms with Crippen molar-refractivity contribution in [3.8, 4) is 5.75 Å². The lowest BCUT2D eigenvalue weighted by molar-refractivity contribution is -0.142. The summed E-state index contributed by atoms with van der Waals surface area (Å²) in [6.45, 7) is 6.08. The van der Waals surface area contributed by atoms with Crippen molar-refractivity contribution in [2.24, 2.45) is 0 Å². The third-order valence-corrected chi connectivity index (χ3v) is 6.47. The van der Waals surface area contributed by atoms with Gasteiger partial charge in [0.2, 0.25) is 5.91 Å². The molecule has 0 heterocycles. The molecule has 1 aliphatic carbocycles. The van der Waals surface area contributed by atoms with Crippen molar-refractivity contribution in [3.05, 3.63) is 71.8 Å². The van der Waals surface area contributed by atoms with Crippen LogP contribution < -0.4 is 10.6 Å². The zero-order valence-corrected chi connectivity index (χ0v) is 22.6. The third kappa shape index (κ3) is 6.67. The molecule has 0 saturated heterocycles. The van der Waals surface area contributed by atoms with E-state index in [0.717, 1.165) is 10.8 Å². The highest BCUT2D eigenvalue weighted by Crippen LogP contribution is 2.39. The van der Waals surface area contributed by atoms with Crippen molar-refractivity contribution in [3.63, 3.8) is 0 Å². The van der Waals surface area contributed by atoms with E-state index in [-0.39, 0.29) is 17.4 Å². The predicted molar refractivity (Wildman–Crippen MR) is 148 cm³/mol. The first kappa shape index (κ1) is 27.9. The first-order chi connectivity index (χ1) is 18.5. The van der Waals surface area contributed by atoms with Crippen molar-refractivity contribution < 1.29 is 29.3 Å². The van der Waals surface area contributed by atoms with E-state index in [9.17, 15) is 24.6 Å². The molecule has 3 aromatic carbocycles. The fourth-order valence-corrected chi connectivity index (χ4v) is 4.48. The lowest BCUT2D eigenvalue weighted by Crippen LogP contribution is -2.54. The van der Waals surface area contributed by atoms with Crippen LogP contribution in [0.5, 0.6) is 5.75 Å². The molecular formula is C30H35N3O6. The summed E-state index contributed by atoms with van der Waals surface area (Å²) in [5, 5.41) is 28.3. The maximum absolute atomic E-state index is 13.9. The molecule has 1 fully saturated rings. The van der Waals surface area contributed by atoms with E-state index >= 15 is 0 Å². The molecular weight excluding hydrogens is 498 g/mol. The van der Waals surface area contributed by atoms with Gasteiger partial charge in [-0.05, 0) is 69.0 Å². The number of phenolic OH excluding ortho intramolecular Hbond substituents is 1. The number of amides is 3. The van der Waals surface area contributed by atoms with Gasteiger partial charge < -0.3 is 30.5 Å². The molecule has 1 saturated carbocycles. The Morgan fingerprint density at radius 1 is 1.03 bits per heavy atom. The van der Waals surface area contributed by atoms with E-state index in [1.165, 1.54) is 4.90 Å². The van der Waals surface area contributed by atoms with Crippen LogP contribution in [0, 0.1) is 6.92 Å². The minimum atomic E-state index is -1.34. The number of rotatable bonds is 8. The zero-order valence-electron chi connectivity index (χ0n) is 22.6. The summed E-state index contributed by atoms with van der Waals surface area (Å²) in [6.07, 6.45) is 0.423. The average Bonchev–Trinajstić information content (AvgIpc) is 3.71. The molecule has 0 spiro atoms. The van der Waals surface area contributed by atoms with Crippen molar-refractivity contribution in [1.29, 1.82) is 0 Å². The van der Waals surface area contributed by atoms with E-state index in [0.29, 0.717) is 24.1 Å². The van der Waals surface area contributed by atoms with Crippen molar-refractivity contribution in [2.45, 2.75) is 64.3 Å². The maximum atomic E-state index is 13.9. The number of nitrogens with one attached hydrogen (secondary N) is 2. The Labute approximate surface area is 227 Å². The summed E-state index contributed by atoms with van der Waals surface area (Å²) in [5.41, 5.74) is 0.524. The highest BCUT2D eigenvalue weighted by atomic mass is 16.6. The van der Waals surface area contributed by atoms with Crippen LogP contribution in [-0.4, -0.2) is 57.3 Å². The smallest absolute Gasteiger partial charge is 0.408 e. The molecule has 4 rings (SSSR count).